The van der Waals surface area contributed by atoms with Crippen LogP contribution in [0.5, 0.6) is 0 Å². The van der Waals surface area contributed by atoms with E-state index in [9.17, 15) is 0 Å². The minimum atomic E-state index is 0.207. The lowest BCUT2D eigenvalue weighted by atomic mass is 10.1. The van der Waals surface area contributed by atoms with E-state index in [1.807, 2.05) is 6.92 Å². The van der Waals surface area contributed by atoms with Gasteiger partial charge in [0.15, 0.2) is 0 Å². The maximum Gasteiger partial charge on any atom is 0.0722 e. The molecule has 0 spiro atoms. The van der Waals surface area contributed by atoms with E-state index >= 15 is 0 Å². The van der Waals surface area contributed by atoms with Crippen LogP contribution in [-0.4, -0.2) is 23.8 Å². The average Bonchev–Trinajstić information content (AvgIpc) is 2.71. The van der Waals surface area contributed by atoms with Crippen molar-refractivity contribution in [2.45, 2.75) is 39.0 Å². The Balaban J connectivity index is 2.26. The summed E-state index contributed by atoms with van der Waals surface area (Å²) >= 11 is 0. The van der Waals surface area contributed by atoms with Crippen molar-refractivity contribution in [3.8, 4) is 0 Å². The highest BCUT2D eigenvalue weighted by Gasteiger charge is 2.06. The summed E-state index contributed by atoms with van der Waals surface area (Å²) in [4.78, 5) is 0. The van der Waals surface area contributed by atoms with Crippen molar-refractivity contribution in [3.63, 3.8) is 0 Å². The number of hydrogen-bond acceptors (Lipinski definition) is 2. The molecule has 0 aliphatic carbocycles. The van der Waals surface area contributed by atoms with Crippen LogP contribution in [0.3, 0.4) is 0 Å². The fraction of sp³-hybridized carbons (Fsp3) is 0.467. The number of nitrogens with zero attached hydrogens (tertiary/aromatic N) is 1. The first kappa shape index (κ1) is 13.1. The highest BCUT2D eigenvalue weighted by atomic mass is 16.5. The summed E-state index contributed by atoms with van der Waals surface area (Å²) in [6.45, 7) is 5.00. The fourth-order valence-electron chi connectivity index (χ4n) is 2.26. The number of ether oxygens (including phenoxy) is 1. The Morgan fingerprint density at radius 3 is 2.72 bits per heavy atom. The van der Waals surface area contributed by atoms with Crippen LogP contribution in [-0.2, 0) is 17.7 Å². The lowest BCUT2D eigenvalue weighted by Gasteiger charge is -2.12. The van der Waals surface area contributed by atoms with E-state index in [0.29, 0.717) is 0 Å². The molecule has 0 bridgehead atoms. The summed E-state index contributed by atoms with van der Waals surface area (Å²) in [7, 11) is 1.75. The van der Waals surface area contributed by atoms with Crippen LogP contribution >= 0.6 is 0 Å². The van der Waals surface area contributed by atoms with Crippen LogP contribution in [0.1, 0.15) is 19.4 Å². The fourth-order valence-corrected chi connectivity index (χ4v) is 2.26. The number of aromatic nitrogens is 1. The van der Waals surface area contributed by atoms with Gasteiger partial charge in [0, 0.05) is 31.4 Å². The second-order valence-electron chi connectivity index (χ2n) is 5.09. The molecule has 2 rings (SSSR count). The van der Waals surface area contributed by atoms with Crippen LogP contribution in [0, 0.1) is 0 Å². The summed E-state index contributed by atoms with van der Waals surface area (Å²) in [6.07, 6.45) is 3.27. The predicted octanol–water partition coefficient (Wildman–Crippen LogP) is 2.57. The first-order valence-electron chi connectivity index (χ1n) is 6.46. The molecule has 0 fully saturated rings. The molecule has 0 saturated carbocycles. The van der Waals surface area contributed by atoms with E-state index in [1.165, 1.54) is 16.5 Å². The van der Waals surface area contributed by atoms with Crippen molar-refractivity contribution in [1.82, 2.24) is 4.57 Å². The molecule has 0 radical (unpaired) electrons. The first-order valence-corrected chi connectivity index (χ1v) is 6.46. The zero-order valence-corrected chi connectivity index (χ0v) is 11.4. The molecule has 2 unspecified atom stereocenters. The summed E-state index contributed by atoms with van der Waals surface area (Å²) in [5.74, 6) is 0. The lowest BCUT2D eigenvalue weighted by Crippen LogP contribution is -2.17. The van der Waals surface area contributed by atoms with Crippen molar-refractivity contribution in [2.75, 3.05) is 7.11 Å². The van der Waals surface area contributed by atoms with Gasteiger partial charge in [-0.2, -0.15) is 0 Å². The van der Waals surface area contributed by atoms with Gasteiger partial charge in [-0.25, -0.2) is 0 Å². The van der Waals surface area contributed by atoms with E-state index in [0.717, 1.165) is 13.0 Å². The molecule has 0 aliphatic rings. The minimum absolute atomic E-state index is 0.207. The van der Waals surface area contributed by atoms with Crippen molar-refractivity contribution in [1.29, 1.82) is 0 Å². The Morgan fingerprint density at radius 1 is 1.28 bits per heavy atom. The number of methoxy groups -OCH3 is 1. The molecule has 2 atom stereocenters. The molecular weight excluding hydrogens is 224 g/mol. The van der Waals surface area contributed by atoms with Gasteiger partial charge in [0.1, 0.15) is 0 Å². The third kappa shape index (κ3) is 2.92. The molecule has 3 heteroatoms. The Labute approximate surface area is 109 Å². The highest BCUT2D eigenvalue weighted by Crippen LogP contribution is 2.19. The zero-order valence-electron chi connectivity index (χ0n) is 11.4. The van der Waals surface area contributed by atoms with Gasteiger partial charge >= 0.3 is 0 Å². The van der Waals surface area contributed by atoms with E-state index in [4.69, 9.17) is 10.5 Å². The normalized spacial score (nSPS) is 14.9. The number of rotatable bonds is 5. The maximum absolute atomic E-state index is 5.84. The molecule has 0 aliphatic heterocycles. The Bertz CT molecular complexity index is 516. The summed E-state index contributed by atoms with van der Waals surface area (Å²) in [5.41, 5.74) is 8.39. The van der Waals surface area contributed by atoms with Gasteiger partial charge in [-0.3, -0.25) is 0 Å². The summed E-state index contributed by atoms with van der Waals surface area (Å²) < 4.78 is 7.55. The van der Waals surface area contributed by atoms with Crippen LogP contribution in [0.15, 0.2) is 30.5 Å². The van der Waals surface area contributed by atoms with Gasteiger partial charge in [0.25, 0.3) is 0 Å². The second-order valence-corrected chi connectivity index (χ2v) is 5.09. The Morgan fingerprint density at radius 2 is 2.06 bits per heavy atom. The van der Waals surface area contributed by atoms with Crippen molar-refractivity contribution in [2.24, 2.45) is 5.73 Å². The third-order valence-electron chi connectivity index (χ3n) is 3.25. The largest absolute Gasteiger partial charge is 0.380 e. The standard InChI is InChI=1S/C15H22N2O/c1-11(16)8-13-4-5-15-14(9-13)6-7-17(15)10-12(2)18-3/h4-7,9,11-12H,8,10,16H2,1-3H3. The van der Waals surface area contributed by atoms with Gasteiger partial charge in [-0.05, 0) is 49.4 Å². The van der Waals surface area contributed by atoms with E-state index in [-0.39, 0.29) is 12.1 Å². The second kappa shape index (κ2) is 5.55. The number of nitrogens with two attached hydrogens (primary N) is 1. The van der Waals surface area contributed by atoms with Crippen molar-refractivity contribution < 1.29 is 4.74 Å². The molecule has 3 nitrogen and oxygen atoms in total. The number of hydrogen-bond donors (Lipinski definition) is 1. The SMILES string of the molecule is COC(C)Cn1ccc2cc(CC(C)N)ccc21. The molecule has 1 aromatic carbocycles. The van der Waals surface area contributed by atoms with Gasteiger partial charge in [-0.15, -0.1) is 0 Å². The monoisotopic (exact) mass is 246 g/mol. The first-order chi connectivity index (χ1) is 8.60. The molecule has 98 valence electrons. The molecule has 1 heterocycles. The molecule has 0 amide bonds. The third-order valence-corrected chi connectivity index (χ3v) is 3.25. The zero-order chi connectivity index (χ0) is 13.1. The van der Waals surface area contributed by atoms with Crippen molar-refractivity contribution >= 4 is 10.9 Å². The predicted molar refractivity (Wildman–Crippen MR) is 75.8 cm³/mol. The molecule has 1 aromatic heterocycles. The van der Waals surface area contributed by atoms with Crippen molar-refractivity contribution in [3.05, 3.63) is 36.0 Å². The van der Waals surface area contributed by atoms with Gasteiger partial charge in [-0.1, -0.05) is 6.07 Å². The molecule has 18 heavy (non-hydrogen) atoms. The van der Waals surface area contributed by atoms with Crippen LogP contribution < -0.4 is 5.73 Å². The minimum Gasteiger partial charge on any atom is -0.380 e. The Kier molecular flexibility index (Phi) is 4.04. The molecule has 2 aromatic rings. The van der Waals surface area contributed by atoms with E-state index < -0.39 is 0 Å². The average molecular weight is 246 g/mol. The van der Waals surface area contributed by atoms with E-state index in [2.05, 4.69) is 42.0 Å². The quantitative estimate of drug-likeness (QED) is 0.880. The highest BCUT2D eigenvalue weighted by molar-refractivity contribution is 5.80. The number of fused-ring (bicyclic) bond motifs is 1. The van der Waals surface area contributed by atoms with Gasteiger partial charge in [0.05, 0.1) is 6.10 Å². The summed E-state index contributed by atoms with van der Waals surface area (Å²) in [5, 5.41) is 1.27. The van der Waals surface area contributed by atoms with Crippen LogP contribution in [0.25, 0.3) is 10.9 Å². The van der Waals surface area contributed by atoms with Crippen LogP contribution in [0.2, 0.25) is 0 Å². The molecular formula is C15H22N2O. The van der Waals surface area contributed by atoms with E-state index in [1.54, 1.807) is 7.11 Å². The van der Waals surface area contributed by atoms with Gasteiger partial charge in [0.2, 0.25) is 0 Å². The smallest absolute Gasteiger partial charge is 0.0722 e. The number of benzene rings is 1. The van der Waals surface area contributed by atoms with Crippen LogP contribution in [0.4, 0.5) is 0 Å². The Hall–Kier alpha value is -1.32. The lowest BCUT2D eigenvalue weighted by molar-refractivity contribution is 0.104. The molecule has 2 N–H and O–H groups in total. The molecule has 0 saturated heterocycles. The summed E-state index contributed by atoms with van der Waals surface area (Å²) in [6, 6.07) is 8.93. The maximum atomic E-state index is 5.84. The van der Waals surface area contributed by atoms with Gasteiger partial charge < -0.3 is 15.0 Å². The topological polar surface area (TPSA) is 40.2 Å².